The summed E-state index contributed by atoms with van der Waals surface area (Å²) in [5.41, 5.74) is 1.06. The van der Waals surface area contributed by atoms with Gasteiger partial charge in [0.25, 0.3) is 0 Å². The predicted molar refractivity (Wildman–Crippen MR) is 105 cm³/mol. The number of hydrogen-bond acceptors (Lipinski definition) is 6. The molecule has 0 atom stereocenters. The van der Waals surface area contributed by atoms with Gasteiger partial charge in [-0.25, -0.2) is 0 Å². The molecule has 1 spiro atoms. The number of aliphatic hydroxyl groups excluding tert-OH is 2. The molecule has 0 radical (unpaired) electrons. The number of rotatable bonds is 6. The third-order valence-corrected chi connectivity index (χ3v) is 7.48. The Balaban J connectivity index is 1.47. The third-order valence-electron chi connectivity index (χ3n) is 5.98. The lowest BCUT2D eigenvalue weighted by atomic mass is 9.84. The van der Waals surface area contributed by atoms with Gasteiger partial charge in [-0.15, -0.1) is 11.3 Å². The van der Waals surface area contributed by atoms with Crippen molar-refractivity contribution in [3.05, 3.63) is 38.8 Å². The number of thiophene rings is 1. The predicted octanol–water partition coefficient (Wildman–Crippen LogP) is 2.90. The maximum Gasteiger partial charge on any atom is 0.425 e. The molecule has 0 saturated carbocycles. The molecule has 30 heavy (non-hydrogen) atoms. The summed E-state index contributed by atoms with van der Waals surface area (Å²) in [5, 5.41) is 22.8. The highest BCUT2D eigenvalue weighted by molar-refractivity contribution is 7.12. The lowest BCUT2D eigenvalue weighted by Crippen LogP contribution is -2.45. The summed E-state index contributed by atoms with van der Waals surface area (Å²) >= 11 is 0.753. The Kier molecular flexibility index (Phi) is 6.23. The number of likely N-dealkylation sites (tertiary alicyclic amines) is 1. The number of fused-ring (bicyclic) bond motifs is 2. The van der Waals surface area contributed by atoms with Crippen molar-refractivity contribution in [2.24, 2.45) is 0 Å². The second-order valence-electron chi connectivity index (χ2n) is 7.93. The van der Waals surface area contributed by atoms with Crippen molar-refractivity contribution in [3.63, 3.8) is 0 Å². The van der Waals surface area contributed by atoms with Crippen LogP contribution in [0.25, 0.3) is 0 Å². The van der Waals surface area contributed by atoms with Gasteiger partial charge in [-0.2, -0.15) is 18.3 Å². The van der Waals surface area contributed by atoms with Crippen molar-refractivity contribution in [2.75, 3.05) is 26.3 Å². The molecule has 166 valence electrons. The van der Waals surface area contributed by atoms with E-state index >= 15 is 0 Å². The number of halogens is 3. The van der Waals surface area contributed by atoms with Gasteiger partial charge in [0.2, 0.25) is 0 Å². The first-order chi connectivity index (χ1) is 14.4. The number of aryl methyl sites for hydroxylation is 1. The smallest absolute Gasteiger partial charge is 0.396 e. The fourth-order valence-electron chi connectivity index (χ4n) is 4.49. The number of nitrogens with zero attached hydrogens (tertiary/aromatic N) is 3. The second-order valence-corrected chi connectivity index (χ2v) is 8.95. The molecule has 0 amide bonds. The molecule has 0 aromatic carbocycles. The monoisotopic (exact) mass is 445 g/mol. The molecule has 4 rings (SSSR count). The minimum Gasteiger partial charge on any atom is -0.396 e. The average Bonchev–Trinajstić information content (AvgIpc) is 3.33. The Labute approximate surface area is 176 Å². The van der Waals surface area contributed by atoms with Crippen molar-refractivity contribution in [1.29, 1.82) is 0 Å². The minimum atomic E-state index is -4.46. The molecule has 0 bridgehead atoms. The largest absolute Gasteiger partial charge is 0.425 e. The summed E-state index contributed by atoms with van der Waals surface area (Å²) in [6.45, 7) is 2.74. The zero-order valence-corrected chi connectivity index (χ0v) is 17.4. The SMILES string of the molecule is OCCCn1cc(CN2CCC3(CC2)OCCc2c3sc(C(F)(F)F)c2CO)cn1. The van der Waals surface area contributed by atoms with Crippen LogP contribution >= 0.6 is 11.3 Å². The summed E-state index contributed by atoms with van der Waals surface area (Å²) in [5.74, 6) is 0. The molecule has 2 aliphatic heterocycles. The quantitative estimate of drug-likeness (QED) is 0.716. The van der Waals surface area contributed by atoms with Gasteiger partial charge in [0.1, 0.15) is 10.5 Å². The molecule has 1 fully saturated rings. The zero-order valence-electron chi connectivity index (χ0n) is 16.6. The summed E-state index contributed by atoms with van der Waals surface area (Å²) in [7, 11) is 0. The van der Waals surface area contributed by atoms with Crippen LogP contribution < -0.4 is 0 Å². The van der Waals surface area contributed by atoms with Crippen LogP contribution in [0.4, 0.5) is 13.2 Å². The third kappa shape index (κ3) is 4.16. The minimum absolute atomic E-state index is 0.0305. The number of aliphatic hydroxyl groups is 2. The second kappa shape index (κ2) is 8.58. The van der Waals surface area contributed by atoms with Gasteiger partial charge in [-0.1, -0.05) is 0 Å². The summed E-state index contributed by atoms with van der Waals surface area (Å²) in [4.78, 5) is 2.24. The topological polar surface area (TPSA) is 70.8 Å². The number of hydrogen-bond donors (Lipinski definition) is 2. The first kappa shape index (κ1) is 21.8. The van der Waals surface area contributed by atoms with E-state index in [1.54, 1.807) is 0 Å². The van der Waals surface area contributed by atoms with Crippen molar-refractivity contribution in [2.45, 2.75) is 57.2 Å². The zero-order chi connectivity index (χ0) is 21.4. The molecule has 2 aromatic heterocycles. The van der Waals surface area contributed by atoms with Gasteiger partial charge in [0, 0.05) is 55.0 Å². The van der Waals surface area contributed by atoms with Gasteiger partial charge in [-0.3, -0.25) is 9.58 Å². The van der Waals surface area contributed by atoms with Gasteiger partial charge in [0.05, 0.1) is 19.4 Å². The van der Waals surface area contributed by atoms with Crippen molar-refractivity contribution < 1.29 is 28.1 Å². The van der Waals surface area contributed by atoms with E-state index in [1.807, 2.05) is 17.1 Å². The van der Waals surface area contributed by atoms with E-state index < -0.39 is 23.3 Å². The van der Waals surface area contributed by atoms with E-state index in [1.165, 1.54) is 0 Å². The van der Waals surface area contributed by atoms with Gasteiger partial charge >= 0.3 is 6.18 Å². The number of alkyl halides is 3. The Hall–Kier alpha value is -1.46. The van der Waals surface area contributed by atoms with E-state index in [4.69, 9.17) is 9.84 Å². The van der Waals surface area contributed by atoms with Crippen LogP contribution in [0.5, 0.6) is 0 Å². The number of piperidine rings is 1. The maximum absolute atomic E-state index is 13.5. The summed E-state index contributed by atoms with van der Waals surface area (Å²) in [6.07, 6.45) is 1.65. The first-order valence-corrected chi connectivity index (χ1v) is 11.0. The lowest BCUT2D eigenvalue weighted by Gasteiger charge is -2.43. The van der Waals surface area contributed by atoms with Gasteiger partial charge in [0.15, 0.2) is 0 Å². The van der Waals surface area contributed by atoms with E-state index in [-0.39, 0.29) is 12.2 Å². The standard InChI is InChI=1S/C20H26F3N3O3S/c21-20(22,23)18-16(13-28)15-2-9-29-19(17(15)30-18)3-6-25(7-4-19)11-14-10-24-26(12-14)5-1-8-27/h10,12,27-28H,1-9,11,13H2. The highest BCUT2D eigenvalue weighted by atomic mass is 32.1. The molecule has 4 heterocycles. The average molecular weight is 446 g/mol. The fourth-order valence-corrected chi connectivity index (χ4v) is 5.92. The van der Waals surface area contributed by atoms with E-state index in [0.29, 0.717) is 49.3 Å². The van der Waals surface area contributed by atoms with Gasteiger partial charge in [-0.05, 0) is 31.2 Å². The van der Waals surface area contributed by atoms with Crippen molar-refractivity contribution in [3.8, 4) is 0 Å². The van der Waals surface area contributed by atoms with Crippen LogP contribution in [0.15, 0.2) is 12.4 Å². The molecule has 10 heteroatoms. The highest BCUT2D eigenvalue weighted by Gasteiger charge is 2.47. The molecule has 2 aromatic rings. The number of ether oxygens (including phenoxy) is 1. The van der Waals surface area contributed by atoms with Crippen molar-refractivity contribution in [1.82, 2.24) is 14.7 Å². The Morgan fingerprint density at radius 1 is 1.23 bits per heavy atom. The molecule has 0 aliphatic carbocycles. The van der Waals surface area contributed by atoms with Crippen molar-refractivity contribution >= 4 is 11.3 Å². The molecule has 2 aliphatic rings. The highest BCUT2D eigenvalue weighted by Crippen LogP contribution is 2.50. The van der Waals surface area contributed by atoms with E-state index in [0.717, 1.165) is 36.5 Å². The molecule has 1 saturated heterocycles. The lowest BCUT2D eigenvalue weighted by molar-refractivity contribution is -0.135. The molecular formula is C20H26F3N3O3S. The van der Waals surface area contributed by atoms with Crippen LogP contribution in [0, 0.1) is 0 Å². The summed E-state index contributed by atoms with van der Waals surface area (Å²) in [6, 6.07) is 0. The van der Waals surface area contributed by atoms with Crippen LogP contribution in [0.2, 0.25) is 0 Å². The summed E-state index contributed by atoms with van der Waals surface area (Å²) < 4.78 is 48.4. The Bertz CT molecular complexity index is 873. The molecule has 6 nitrogen and oxygen atoms in total. The van der Waals surface area contributed by atoms with E-state index in [2.05, 4.69) is 10.00 Å². The number of aromatic nitrogens is 2. The van der Waals surface area contributed by atoms with Crippen LogP contribution in [0.1, 0.15) is 45.7 Å². The van der Waals surface area contributed by atoms with Gasteiger partial charge < -0.3 is 14.9 Å². The van der Waals surface area contributed by atoms with Crippen LogP contribution in [0.3, 0.4) is 0 Å². The molecular weight excluding hydrogens is 419 g/mol. The fraction of sp³-hybridized carbons (Fsp3) is 0.650. The Morgan fingerprint density at radius 3 is 2.67 bits per heavy atom. The van der Waals surface area contributed by atoms with Crippen LogP contribution in [-0.2, 0) is 42.6 Å². The molecule has 2 N–H and O–H groups in total. The maximum atomic E-state index is 13.5. The normalized spacial score (nSPS) is 19.4. The van der Waals surface area contributed by atoms with E-state index in [9.17, 15) is 18.3 Å². The van der Waals surface area contributed by atoms with Crippen LogP contribution in [-0.4, -0.2) is 51.2 Å². The first-order valence-electron chi connectivity index (χ1n) is 10.2. The molecule has 0 unspecified atom stereocenters. The Morgan fingerprint density at radius 2 is 2.00 bits per heavy atom.